The third-order valence-corrected chi connectivity index (χ3v) is 10.8. The van der Waals surface area contributed by atoms with Crippen LogP contribution in [-0.4, -0.2) is 63.1 Å². The van der Waals surface area contributed by atoms with Gasteiger partial charge in [0.25, 0.3) is 11.8 Å². The van der Waals surface area contributed by atoms with Gasteiger partial charge in [0.1, 0.15) is 23.1 Å². The molecule has 6 rings (SSSR count). The van der Waals surface area contributed by atoms with E-state index in [-0.39, 0.29) is 47.2 Å². The SMILES string of the molecule is COc1cc(O)c([C@H]2C3=CC[C@@H]4C(=O)N(C(C)(C)C)C(=O)[C@@H]4[C@@H]3C[C@@]3(Cl)C(=O)N(c4ccc(F)cc4)C(=O)[C@@]23Cl)c(OC)c1. The number of imide groups is 2. The van der Waals surface area contributed by atoms with Gasteiger partial charge in [-0.25, -0.2) is 9.29 Å². The van der Waals surface area contributed by atoms with E-state index >= 15 is 0 Å². The molecule has 2 saturated heterocycles. The molecule has 4 aliphatic rings. The van der Waals surface area contributed by atoms with Crippen molar-refractivity contribution in [2.45, 2.75) is 54.8 Å². The minimum absolute atomic E-state index is 0.0568. The zero-order valence-electron chi connectivity index (χ0n) is 24.7. The van der Waals surface area contributed by atoms with Gasteiger partial charge in [0.2, 0.25) is 11.8 Å². The Hall–Kier alpha value is -3.63. The van der Waals surface area contributed by atoms with Gasteiger partial charge in [-0.3, -0.25) is 24.1 Å². The summed E-state index contributed by atoms with van der Waals surface area (Å²) in [7, 11) is 2.77. The van der Waals surface area contributed by atoms with Crippen molar-refractivity contribution >= 4 is 52.5 Å². The number of likely N-dealkylation sites (tertiary alicyclic amines) is 1. The second-order valence-electron chi connectivity index (χ2n) is 12.7. The Morgan fingerprint density at radius 2 is 1.61 bits per heavy atom. The third-order valence-electron chi connectivity index (χ3n) is 9.40. The normalized spacial score (nSPS) is 31.5. The van der Waals surface area contributed by atoms with Gasteiger partial charge in [-0.05, 0) is 63.8 Å². The number of rotatable bonds is 4. The maximum atomic E-state index is 14.5. The van der Waals surface area contributed by atoms with Crippen LogP contribution in [0.3, 0.4) is 0 Å². The number of benzene rings is 2. The lowest BCUT2D eigenvalue weighted by Gasteiger charge is -2.51. The van der Waals surface area contributed by atoms with Crippen LogP contribution in [0.1, 0.15) is 45.1 Å². The van der Waals surface area contributed by atoms with Crippen LogP contribution in [0.25, 0.3) is 0 Å². The number of ether oxygens (including phenoxy) is 2. The fourth-order valence-corrected chi connectivity index (χ4v) is 8.46. The van der Waals surface area contributed by atoms with Crippen molar-refractivity contribution in [2.24, 2.45) is 17.8 Å². The van der Waals surface area contributed by atoms with Crippen LogP contribution in [0.5, 0.6) is 17.2 Å². The van der Waals surface area contributed by atoms with Crippen molar-refractivity contribution in [3.8, 4) is 17.2 Å². The maximum Gasteiger partial charge on any atom is 0.258 e. The van der Waals surface area contributed by atoms with E-state index in [4.69, 9.17) is 32.7 Å². The van der Waals surface area contributed by atoms with E-state index in [1.807, 2.05) is 0 Å². The molecule has 44 heavy (non-hydrogen) atoms. The molecule has 0 bridgehead atoms. The molecule has 2 aromatic rings. The van der Waals surface area contributed by atoms with Crippen LogP contribution >= 0.6 is 23.2 Å². The van der Waals surface area contributed by atoms with Crippen molar-refractivity contribution in [1.29, 1.82) is 0 Å². The topological polar surface area (TPSA) is 113 Å². The largest absolute Gasteiger partial charge is 0.507 e. The van der Waals surface area contributed by atoms with Gasteiger partial charge in [-0.2, -0.15) is 0 Å². The van der Waals surface area contributed by atoms with Crippen molar-refractivity contribution in [2.75, 3.05) is 19.1 Å². The molecule has 6 atom stereocenters. The van der Waals surface area contributed by atoms with E-state index in [1.165, 1.54) is 43.4 Å². The Balaban J connectivity index is 1.61. The second-order valence-corrected chi connectivity index (χ2v) is 13.9. The van der Waals surface area contributed by atoms with Crippen molar-refractivity contribution < 1.29 is 38.1 Å². The summed E-state index contributed by atoms with van der Waals surface area (Å²) < 4.78 is 24.8. The predicted molar refractivity (Wildman–Crippen MR) is 159 cm³/mol. The molecule has 1 N–H and O–H groups in total. The van der Waals surface area contributed by atoms with Gasteiger partial charge in [-0.15, -0.1) is 23.2 Å². The number of aromatic hydroxyl groups is 1. The Morgan fingerprint density at radius 1 is 0.955 bits per heavy atom. The number of alkyl halides is 2. The van der Waals surface area contributed by atoms with Gasteiger partial charge in [0.05, 0.1) is 31.7 Å². The van der Waals surface area contributed by atoms with Gasteiger partial charge >= 0.3 is 0 Å². The average molecular weight is 646 g/mol. The summed E-state index contributed by atoms with van der Waals surface area (Å²) in [5.74, 6) is -6.63. The number of methoxy groups -OCH3 is 2. The lowest BCUT2D eigenvalue weighted by Crippen LogP contribution is -2.60. The van der Waals surface area contributed by atoms with Crippen molar-refractivity contribution in [3.63, 3.8) is 0 Å². The number of phenols is 1. The highest BCUT2D eigenvalue weighted by Crippen LogP contribution is 2.67. The average Bonchev–Trinajstić information content (AvgIpc) is 3.31. The minimum atomic E-state index is -2.22. The molecule has 2 aliphatic heterocycles. The number of amides is 4. The first-order valence-corrected chi connectivity index (χ1v) is 14.9. The number of hydrogen-bond donors (Lipinski definition) is 1. The molecule has 4 amide bonds. The molecular weight excluding hydrogens is 614 g/mol. The second kappa shape index (κ2) is 9.94. The van der Waals surface area contributed by atoms with Gasteiger partial charge < -0.3 is 14.6 Å². The fourth-order valence-electron chi connectivity index (χ4n) is 7.54. The quantitative estimate of drug-likeness (QED) is 0.286. The molecule has 0 spiro atoms. The highest BCUT2D eigenvalue weighted by Gasteiger charge is 2.77. The molecular formula is C32H31Cl2FN2O7. The lowest BCUT2D eigenvalue weighted by molar-refractivity contribution is -0.145. The van der Waals surface area contributed by atoms with E-state index in [2.05, 4.69) is 0 Å². The Labute approximate surface area is 263 Å². The Morgan fingerprint density at radius 3 is 2.20 bits per heavy atom. The van der Waals surface area contributed by atoms with Crippen molar-refractivity contribution in [1.82, 2.24) is 4.90 Å². The molecule has 1 saturated carbocycles. The molecule has 12 heteroatoms. The third kappa shape index (κ3) is 3.89. The van der Waals surface area contributed by atoms with Crippen LogP contribution in [0, 0.1) is 23.6 Å². The first-order chi connectivity index (χ1) is 20.6. The number of carbonyl (C=O) groups excluding carboxylic acids is 4. The van der Waals surface area contributed by atoms with Crippen LogP contribution in [0.15, 0.2) is 48.0 Å². The van der Waals surface area contributed by atoms with E-state index in [9.17, 15) is 28.7 Å². The number of fused-ring (bicyclic) bond motifs is 4. The highest BCUT2D eigenvalue weighted by atomic mass is 35.5. The molecule has 9 nitrogen and oxygen atoms in total. The van der Waals surface area contributed by atoms with E-state index in [0.29, 0.717) is 5.57 Å². The molecule has 0 radical (unpaired) electrons. The van der Waals surface area contributed by atoms with Gasteiger partial charge in [0.15, 0.2) is 9.75 Å². The zero-order valence-corrected chi connectivity index (χ0v) is 26.2. The summed E-state index contributed by atoms with van der Waals surface area (Å²) in [5.41, 5.74) is -0.170. The van der Waals surface area contributed by atoms with Crippen LogP contribution < -0.4 is 14.4 Å². The first-order valence-electron chi connectivity index (χ1n) is 14.2. The predicted octanol–water partition coefficient (Wildman–Crippen LogP) is 4.91. The highest BCUT2D eigenvalue weighted by molar-refractivity contribution is 6.58. The van der Waals surface area contributed by atoms with E-state index < -0.39 is 62.5 Å². The summed E-state index contributed by atoms with van der Waals surface area (Å²) in [6.45, 7) is 5.31. The molecule has 0 unspecified atom stereocenters. The molecule has 3 fully saturated rings. The van der Waals surface area contributed by atoms with Crippen molar-refractivity contribution in [3.05, 3.63) is 59.4 Å². The Kier molecular flexibility index (Phi) is 6.87. The summed E-state index contributed by atoms with van der Waals surface area (Å²) in [4.78, 5) is 54.1. The number of nitrogens with zero attached hydrogens (tertiary/aromatic N) is 2. The molecule has 2 aromatic carbocycles. The molecule has 232 valence electrons. The fraction of sp³-hybridized carbons (Fsp3) is 0.438. The molecule has 2 heterocycles. The number of anilines is 1. The zero-order chi connectivity index (χ0) is 32.1. The minimum Gasteiger partial charge on any atom is -0.507 e. The first kappa shape index (κ1) is 30.4. The number of carbonyl (C=O) groups is 4. The summed E-state index contributed by atoms with van der Waals surface area (Å²) in [6.07, 6.45) is 1.71. The lowest BCUT2D eigenvalue weighted by atomic mass is 9.56. The number of halogens is 3. The standard InChI is InChI=1S/C32H31Cl2FN2O7/c1-30(2,3)37-26(39)19-11-10-18-20(23(19)27(37)40)14-31(33)28(41)36(16-8-6-15(35)7-9-16)29(42)32(31,34)25(18)24-21(38)12-17(43-4)13-22(24)44-5/h6-10,12-13,19-20,23,25,38H,11,14H2,1-5H3/t19-,20+,23-,25+,31+,32-/m0/s1. The Bertz CT molecular complexity index is 1650. The monoisotopic (exact) mass is 644 g/mol. The van der Waals surface area contributed by atoms with Gasteiger partial charge in [0, 0.05) is 29.2 Å². The summed E-state index contributed by atoms with van der Waals surface area (Å²) in [6, 6.07) is 7.58. The number of allylic oxidation sites excluding steroid dienone is 2. The smallest absolute Gasteiger partial charge is 0.258 e. The van der Waals surface area contributed by atoms with Crippen LogP contribution in [0.4, 0.5) is 10.1 Å². The van der Waals surface area contributed by atoms with Crippen LogP contribution in [0.2, 0.25) is 0 Å². The number of phenolic OH excluding ortho intramolecular Hbond substituents is 1. The van der Waals surface area contributed by atoms with Crippen LogP contribution in [-0.2, 0) is 19.2 Å². The molecule has 0 aromatic heterocycles. The summed E-state index contributed by atoms with van der Waals surface area (Å²) >= 11 is 14.7. The van der Waals surface area contributed by atoms with E-state index in [0.717, 1.165) is 17.0 Å². The molecule has 2 aliphatic carbocycles. The van der Waals surface area contributed by atoms with E-state index in [1.54, 1.807) is 26.8 Å². The summed E-state index contributed by atoms with van der Waals surface area (Å²) in [5, 5.41) is 11.4. The number of hydrogen-bond acceptors (Lipinski definition) is 7. The van der Waals surface area contributed by atoms with Gasteiger partial charge in [-0.1, -0.05) is 11.6 Å². The maximum absolute atomic E-state index is 14.5.